The van der Waals surface area contributed by atoms with Crippen LogP contribution in [0.2, 0.25) is 0 Å². The smallest absolute Gasteiger partial charge is 0.381 e. The van der Waals surface area contributed by atoms with Crippen LogP contribution in [0, 0.1) is 10.1 Å². The zero-order valence-electron chi connectivity index (χ0n) is 10.6. The average Bonchev–Trinajstić information content (AvgIpc) is 3.02. The summed E-state index contributed by atoms with van der Waals surface area (Å²) < 4.78 is 6.94. The molecule has 0 bridgehead atoms. The summed E-state index contributed by atoms with van der Waals surface area (Å²) in [5.74, 6) is -1.19. The first-order valence-electron chi connectivity index (χ1n) is 5.96. The van der Waals surface area contributed by atoms with Crippen molar-refractivity contribution in [1.29, 1.82) is 0 Å². The van der Waals surface area contributed by atoms with Crippen LogP contribution in [0.3, 0.4) is 0 Å². The van der Waals surface area contributed by atoms with Gasteiger partial charge in [0.25, 0.3) is 0 Å². The van der Waals surface area contributed by atoms with Crippen molar-refractivity contribution in [2.75, 3.05) is 0 Å². The van der Waals surface area contributed by atoms with E-state index in [2.05, 4.69) is 4.98 Å². The number of aromatic carboxylic acids is 1. The predicted octanol–water partition coefficient (Wildman–Crippen LogP) is 2.28. The van der Waals surface area contributed by atoms with Gasteiger partial charge < -0.3 is 24.2 Å². The quantitative estimate of drug-likeness (QED) is 0.582. The van der Waals surface area contributed by atoms with E-state index in [9.17, 15) is 20.0 Å². The van der Waals surface area contributed by atoms with E-state index in [1.54, 1.807) is 24.3 Å². The Bertz CT molecular complexity index is 848. The molecule has 0 aliphatic carbocycles. The topological polar surface area (TPSA) is 111 Å². The molecule has 1 aromatic carbocycles. The lowest BCUT2D eigenvalue weighted by Crippen LogP contribution is -2.03. The maximum absolute atomic E-state index is 11.4. The Morgan fingerprint density at radius 2 is 2.19 bits per heavy atom. The number of fused-ring (bicyclic) bond motifs is 1. The van der Waals surface area contributed by atoms with Gasteiger partial charge in [0.15, 0.2) is 0 Å². The fraction of sp³-hybridized carbons (Fsp3) is 0.0769. The fourth-order valence-electron chi connectivity index (χ4n) is 2.14. The van der Waals surface area contributed by atoms with E-state index in [0.29, 0.717) is 11.0 Å². The molecule has 0 amide bonds. The van der Waals surface area contributed by atoms with Crippen molar-refractivity contribution in [3.63, 3.8) is 0 Å². The van der Waals surface area contributed by atoms with Gasteiger partial charge in [0, 0.05) is 5.39 Å². The Morgan fingerprint density at radius 3 is 2.86 bits per heavy atom. The molecule has 0 atom stereocenters. The molecular weight excluding hydrogens is 278 g/mol. The van der Waals surface area contributed by atoms with Crippen LogP contribution in [-0.2, 0) is 6.54 Å². The summed E-state index contributed by atoms with van der Waals surface area (Å²) in [6.07, 6.45) is 2.48. The van der Waals surface area contributed by atoms with E-state index in [-0.39, 0.29) is 23.7 Å². The Kier molecular flexibility index (Phi) is 2.90. The highest BCUT2D eigenvalue weighted by atomic mass is 16.6. The van der Waals surface area contributed by atoms with E-state index in [4.69, 9.17) is 4.42 Å². The van der Waals surface area contributed by atoms with Gasteiger partial charge in [0.2, 0.25) is 6.33 Å². The van der Waals surface area contributed by atoms with Crippen molar-refractivity contribution < 1.29 is 19.2 Å². The highest BCUT2D eigenvalue weighted by molar-refractivity contribution is 6.03. The fourth-order valence-corrected chi connectivity index (χ4v) is 2.14. The maximum Gasteiger partial charge on any atom is 0.381 e. The first-order valence-corrected chi connectivity index (χ1v) is 5.96. The lowest BCUT2D eigenvalue weighted by molar-refractivity contribution is -0.389. The number of hydrogen-bond acceptors (Lipinski definition) is 5. The normalized spacial score (nSPS) is 10.9. The van der Waals surface area contributed by atoms with Crippen molar-refractivity contribution in [2.45, 2.75) is 6.54 Å². The molecule has 1 N–H and O–H groups in total. The van der Waals surface area contributed by atoms with Gasteiger partial charge in [0.05, 0.1) is 6.54 Å². The molecule has 2 aromatic heterocycles. The molecule has 3 aromatic rings. The molecule has 21 heavy (non-hydrogen) atoms. The number of rotatable bonds is 4. The van der Waals surface area contributed by atoms with Crippen LogP contribution in [0.4, 0.5) is 5.82 Å². The zero-order chi connectivity index (χ0) is 15.0. The number of carboxylic acid groups (broad SMARTS) is 1. The van der Waals surface area contributed by atoms with Crippen LogP contribution >= 0.6 is 0 Å². The summed E-state index contributed by atoms with van der Waals surface area (Å²) in [7, 11) is 0. The van der Waals surface area contributed by atoms with Crippen molar-refractivity contribution in [3.8, 4) is 0 Å². The van der Waals surface area contributed by atoms with Gasteiger partial charge in [-0.1, -0.05) is 18.2 Å². The van der Waals surface area contributed by atoms with Crippen molar-refractivity contribution in [2.24, 2.45) is 0 Å². The zero-order valence-corrected chi connectivity index (χ0v) is 10.6. The van der Waals surface area contributed by atoms with Gasteiger partial charge in [0.1, 0.15) is 23.1 Å². The molecule has 106 valence electrons. The molecule has 0 fully saturated rings. The maximum atomic E-state index is 11.4. The van der Waals surface area contributed by atoms with E-state index in [0.717, 1.165) is 0 Å². The Hall–Kier alpha value is -3.16. The molecule has 2 heterocycles. The summed E-state index contributed by atoms with van der Waals surface area (Å²) in [6.45, 7) is 0.0527. The Labute approximate surface area is 117 Å². The number of imidazole rings is 1. The number of carbonyl (C=O) groups is 1. The monoisotopic (exact) mass is 287 g/mol. The standard InChI is InChI=1S/C13H9N3O5/c17-13(18)12-8-3-1-2-4-9(8)21-10(12)5-15-6-11(14-7-15)16(19)20/h1-4,6-7H,5H2,(H,17,18). The van der Waals surface area contributed by atoms with Crippen LogP contribution in [-0.4, -0.2) is 25.6 Å². The van der Waals surface area contributed by atoms with Gasteiger partial charge in [-0.15, -0.1) is 0 Å². The number of hydrogen-bond donors (Lipinski definition) is 1. The molecule has 8 nitrogen and oxygen atoms in total. The third kappa shape index (κ3) is 2.22. The number of furan rings is 1. The summed E-state index contributed by atoms with van der Waals surface area (Å²) >= 11 is 0. The number of nitrogens with zero attached hydrogens (tertiary/aromatic N) is 3. The molecule has 0 radical (unpaired) electrons. The third-order valence-corrected chi connectivity index (χ3v) is 3.02. The van der Waals surface area contributed by atoms with Crippen LogP contribution < -0.4 is 0 Å². The molecular formula is C13H9N3O5. The molecule has 0 aliphatic heterocycles. The lowest BCUT2D eigenvalue weighted by Gasteiger charge is -1.98. The number of carboxylic acids is 1. The SMILES string of the molecule is O=C(O)c1c(Cn2cnc([N+](=O)[O-])c2)oc2ccccc12. The minimum atomic E-state index is -1.11. The van der Waals surface area contributed by atoms with Gasteiger partial charge in [-0.2, -0.15) is 0 Å². The molecule has 0 saturated carbocycles. The van der Waals surface area contributed by atoms with Gasteiger partial charge >= 0.3 is 11.8 Å². The molecule has 0 aliphatic rings. The van der Waals surface area contributed by atoms with Crippen LogP contribution in [0.25, 0.3) is 11.0 Å². The van der Waals surface area contributed by atoms with Gasteiger partial charge in [-0.25, -0.2) is 4.79 Å². The lowest BCUT2D eigenvalue weighted by atomic mass is 10.1. The van der Waals surface area contributed by atoms with Gasteiger partial charge in [-0.3, -0.25) is 0 Å². The summed E-state index contributed by atoms with van der Waals surface area (Å²) in [5, 5.41) is 20.4. The molecule has 0 saturated heterocycles. The second kappa shape index (κ2) is 4.75. The van der Waals surface area contributed by atoms with Crippen LogP contribution in [0.5, 0.6) is 0 Å². The number of nitro groups is 1. The van der Waals surface area contributed by atoms with E-state index >= 15 is 0 Å². The summed E-state index contributed by atoms with van der Waals surface area (Å²) in [6, 6.07) is 6.78. The largest absolute Gasteiger partial charge is 0.478 e. The first kappa shape index (κ1) is 12.9. The van der Waals surface area contributed by atoms with Crippen molar-refractivity contribution in [3.05, 3.63) is 58.2 Å². The molecule has 0 unspecified atom stereocenters. The second-order valence-corrected chi connectivity index (χ2v) is 4.36. The van der Waals surface area contributed by atoms with E-state index in [1.807, 2.05) is 0 Å². The van der Waals surface area contributed by atoms with E-state index < -0.39 is 10.9 Å². The predicted molar refractivity (Wildman–Crippen MR) is 71.2 cm³/mol. The van der Waals surface area contributed by atoms with E-state index in [1.165, 1.54) is 17.1 Å². The second-order valence-electron chi connectivity index (χ2n) is 4.36. The number of para-hydroxylation sites is 1. The number of aromatic nitrogens is 2. The number of benzene rings is 1. The van der Waals surface area contributed by atoms with Crippen molar-refractivity contribution in [1.82, 2.24) is 9.55 Å². The highest BCUT2D eigenvalue weighted by Crippen LogP contribution is 2.26. The third-order valence-electron chi connectivity index (χ3n) is 3.02. The van der Waals surface area contributed by atoms with Crippen molar-refractivity contribution >= 4 is 22.8 Å². The highest BCUT2D eigenvalue weighted by Gasteiger charge is 2.21. The summed E-state index contributed by atoms with van der Waals surface area (Å²) in [4.78, 5) is 25.0. The molecule has 8 heteroatoms. The molecule has 0 spiro atoms. The minimum absolute atomic E-state index is 0.0527. The first-order chi connectivity index (χ1) is 10.1. The Morgan fingerprint density at radius 1 is 1.43 bits per heavy atom. The van der Waals surface area contributed by atoms with Gasteiger partial charge in [-0.05, 0) is 16.0 Å². The Balaban J connectivity index is 2.05. The van der Waals surface area contributed by atoms with Crippen LogP contribution in [0.15, 0.2) is 41.2 Å². The molecule has 3 rings (SSSR count). The minimum Gasteiger partial charge on any atom is -0.478 e. The van der Waals surface area contributed by atoms with Crippen LogP contribution in [0.1, 0.15) is 16.1 Å². The summed E-state index contributed by atoms with van der Waals surface area (Å²) in [5.41, 5.74) is 0.515. The average molecular weight is 287 g/mol.